The number of hydrogen-bond acceptors (Lipinski definition) is 5. The van der Waals surface area contributed by atoms with Crippen molar-refractivity contribution in [1.29, 1.82) is 0 Å². The second-order valence-corrected chi connectivity index (χ2v) is 12.0. The van der Waals surface area contributed by atoms with Gasteiger partial charge >= 0.3 is 11.9 Å². The van der Waals surface area contributed by atoms with Crippen molar-refractivity contribution < 1.29 is 24.2 Å². The summed E-state index contributed by atoms with van der Waals surface area (Å²) >= 11 is 0. The van der Waals surface area contributed by atoms with E-state index in [1.54, 1.807) is 13.8 Å². The second kappa shape index (κ2) is 9.87. The maximum atomic E-state index is 12.5. The van der Waals surface area contributed by atoms with E-state index in [2.05, 4.69) is 13.8 Å². The minimum Gasteiger partial charge on any atom is -0.465 e. The van der Waals surface area contributed by atoms with Gasteiger partial charge in [-0.25, -0.2) is 0 Å². The average Bonchev–Trinajstić information content (AvgIpc) is 3.11. The van der Waals surface area contributed by atoms with Crippen LogP contribution in [-0.4, -0.2) is 36.4 Å². The first-order chi connectivity index (χ1) is 15.7. The van der Waals surface area contributed by atoms with Crippen molar-refractivity contribution in [1.82, 2.24) is 0 Å². The number of aliphatic hydroxyl groups excluding tert-OH is 1. The largest absolute Gasteiger partial charge is 0.465 e. The average molecular weight is 463 g/mol. The lowest BCUT2D eigenvalue weighted by atomic mass is 9.44. The van der Waals surface area contributed by atoms with Gasteiger partial charge in [-0.2, -0.15) is 0 Å². The molecule has 33 heavy (non-hydrogen) atoms. The Morgan fingerprint density at radius 1 is 0.879 bits per heavy atom. The Morgan fingerprint density at radius 3 is 2.18 bits per heavy atom. The minimum absolute atomic E-state index is 0.0870. The maximum Gasteiger partial charge on any atom is 0.320 e. The zero-order valence-corrected chi connectivity index (χ0v) is 21.3. The summed E-state index contributed by atoms with van der Waals surface area (Å²) in [6.07, 6.45) is 12.2. The van der Waals surface area contributed by atoms with E-state index >= 15 is 0 Å². The molecule has 4 saturated carbocycles. The first-order valence-corrected chi connectivity index (χ1v) is 13.8. The highest BCUT2D eigenvalue weighted by atomic mass is 16.6. The molecule has 0 bridgehead atoms. The van der Waals surface area contributed by atoms with Crippen LogP contribution in [0.3, 0.4) is 0 Å². The molecular formula is C28H46O5. The van der Waals surface area contributed by atoms with Crippen LogP contribution in [0.15, 0.2) is 0 Å². The van der Waals surface area contributed by atoms with Crippen LogP contribution in [0, 0.1) is 46.3 Å². The van der Waals surface area contributed by atoms with Crippen LogP contribution in [0.1, 0.15) is 98.3 Å². The monoisotopic (exact) mass is 462 g/mol. The third-order valence-electron chi connectivity index (χ3n) is 10.8. The summed E-state index contributed by atoms with van der Waals surface area (Å²) < 4.78 is 10.4. The zero-order valence-electron chi connectivity index (χ0n) is 21.3. The first kappa shape index (κ1) is 25.0. The summed E-state index contributed by atoms with van der Waals surface area (Å²) in [5.74, 6) is 1.98. The van der Waals surface area contributed by atoms with Crippen molar-refractivity contribution in [2.75, 3.05) is 13.2 Å². The van der Waals surface area contributed by atoms with Crippen LogP contribution >= 0.6 is 0 Å². The molecule has 0 saturated heterocycles. The third kappa shape index (κ3) is 4.48. The van der Waals surface area contributed by atoms with Crippen LogP contribution in [-0.2, 0) is 19.1 Å². The molecule has 4 rings (SSSR count). The lowest BCUT2D eigenvalue weighted by Crippen LogP contribution is -2.53. The van der Waals surface area contributed by atoms with Crippen molar-refractivity contribution in [3.63, 3.8) is 0 Å². The van der Waals surface area contributed by atoms with Gasteiger partial charge in [0.1, 0.15) is 0 Å². The van der Waals surface area contributed by atoms with Crippen molar-refractivity contribution in [2.45, 2.75) is 104 Å². The number of aliphatic hydroxyl groups is 1. The van der Waals surface area contributed by atoms with Gasteiger partial charge in [0.05, 0.1) is 19.3 Å². The van der Waals surface area contributed by atoms with Crippen LogP contribution in [0.2, 0.25) is 0 Å². The standard InChI is InChI=1S/C28H46O5/c1-5-32-25(30)22(26(31)33-6-2)11-7-18-9-12-23-21-10-8-19-17-20(29)13-15-28(19,4)24(21)14-16-27(18,23)3/h18-24,29H,5-17H2,1-4H3/t18?,19?,20-,21?,23?,24?,27?,28?/m1/s1. The lowest BCUT2D eigenvalue weighted by molar-refractivity contribution is -0.162. The molecule has 0 aliphatic heterocycles. The van der Waals surface area contributed by atoms with Crippen molar-refractivity contribution >= 4 is 11.9 Å². The Labute approximate surface area is 200 Å². The molecule has 8 atom stereocenters. The Morgan fingerprint density at radius 2 is 1.52 bits per heavy atom. The molecule has 188 valence electrons. The molecule has 4 aliphatic rings. The van der Waals surface area contributed by atoms with Crippen molar-refractivity contribution in [3.05, 3.63) is 0 Å². The second-order valence-electron chi connectivity index (χ2n) is 12.0. The van der Waals surface area contributed by atoms with Crippen LogP contribution in [0.25, 0.3) is 0 Å². The minimum atomic E-state index is -0.785. The molecule has 0 heterocycles. The molecule has 5 nitrogen and oxygen atoms in total. The van der Waals surface area contributed by atoms with E-state index in [1.807, 2.05) is 0 Å². The van der Waals surface area contributed by atoms with Gasteiger partial charge in [-0.1, -0.05) is 13.8 Å². The quantitative estimate of drug-likeness (QED) is 0.398. The van der Waals surface area contributed by atoms with E-state index in [9.17, 15) is 14.7 Å². The normalized spacial score (nSPS) is 42.2. The molecule has 0 aromatic carbocycles. The van der Waals surface area contributed by atoms with Gasteiger partial charge in [0.2, 0.25) is 0 Å². The summed E-state index contributed by atoms with van der Waals surface area (Å²) in [5, 5.41) is 10.3. The lowest BCUT2D eigenvalue weighted by Gasteiger charge is -2.61. The molecule has 0 spiro atoms. The molecule has 0 radical (unpaired) electrons. The topological polar surface area (TPSA) is 72.8 Å². The zero-order chi connectivity index (χ0) is 23.8. The Bertz CT molecular complexity index is 703. The van der Waals surface area contributed by atoms with E-state index < -0.39 is 17.9 Å². The van der Waals surface area contributed by atoms with E-state index in [-0.39, 0.29) is 19.3 Å². The summed E-state index contributed by atoms with van der Waals surface area (Å²) in [6.45, 7) is 9.19. The van der Waals surface area contributed by atoms with E-state index in [0.717, 1.165) is 37.0 Å². The van der Waals surface area contributed by atoms with Gasteiger partial charge in [-0.3, -0.25) is 9.59 Å². The van der Waals surface area contributed by atoms with Crippen molar-refractivity contribution in [2.24, 2.45) is 46.3 Å². The van der Waals surface area contributed by atoms with Crippen LogP contribution in [0.4, 0.5) is 0 Å². The number of fused-ring (bicyclic) bond motifs is 5. The molecule has 0 amide bonds. The molecular weight excluding hydrogens is 416 g/mol. The van der Waals surface area contributed by atoms with Crippen LogP contribution in [0.5, 0.6) is 0 Å². The number of carbonyl (C=O) groups is 2. The maximum absolute atomic E-state index is 12.5. The molecule has 7 unspecified atom stereocenters. The number of esters is 2. The van der Waals surface area contributed by atoms with E-state index in [0.29, 0.717) is 29.1 Å². The number of ether oxygens (including phenoxy) is 2. The highest BCUT2D eigenvalue weighted by Gasteiger charge is 2.60. The fourth-order valence-electron chi connectivity index (χ4n) is 9.00. The summed E-state index contributed by atoms with van der Waals surface area (Å²) in [5.41, 5.74) is 0.715. The summed E-state index contributed by atoms with van der Waals surface area (Å²) in [4.78, 5) is 24.9. The van der Waals surface area contributed by atoms with Gasteiger partial charge in [-0.15, -0.1) is 0 Å². The summed E-state index contributed by atoms with van der Waals surface area (Å²) in [6, 6.07) is 0. The molecule has 0 aromatic rings. The third-order valence-corrected chi connectivity index (χ3v) is 10.8. The predicted molar refractivity (Wildman–Crippen MR) is 127 cm³/mol. The van der Waals surface area contributed by atoms with Gasteiger partial charge < -0.3 is 14.6 Å². The smallest absolute Gasteiger partial charge is 0.320 e. The molecule has 1 N–H and O–H groups in total. The van der Waals surface area contributed by atoms with E-state index in [4.69, 9.17) is 9.47 Å². The van der Waals surface area contributed by atoms with E-state index in [1.165, 1.54) is 44.9 Å². The fourth-order valence-corrected chi connectivity index (χ4v) is 9.00. The number of carbonyl (C=O) groups excluding carboxylic acids is 2. The number of rotatable bonds is 7. The van der Waals surface area contributed by atoms with Gasteiger partial charge in [0.25, 0.3) is 0 Å². The highest BCUT2D eigenvalue weighted by Crippen LogP contribution is 2.67. The summed E-state index contributed by atoms with van der Waals surface area (Å²) in [7, 11) is 0. The predicted octanol–water partition coefficient (Wildman–Crippen LogP) is 5.53. The highest BCUT2D eigenvalue weighted by molar-refractivity contribution is 5.94. The Balaban J connectivity index is 1.44. The van der Waals surface area contributed by atoms with Crippen molar-refractivity contribution in [3.8, 4) is 0 Å². The fraction of sp³-hybridized carbons (Fsp3) is 0.929. The van der Waals surface area contributed by atoms with Gasteiger partial charge in [-0.05, 0) is 125 Å². The Kier molecular flexibility index (Phi) is 7.48. The number of hydrogen-bond donors (Lipinski definition) is 1. The molecule has 5 heteroatoms. The SMILES string of the molecule is CCOC(=O)C(CCC1CCC2C3CCC4C[C@H](O)CCC4(C)C3CCC12C)C(=O)OCC. The van der Waals surface area contributed by atoms with Gasteiger partial charge in [0.15, 0.2) is 5.92 Å². The first-order valence-electron chi connectivity index (χ1n) is 13.8. The molecule has 4 fully saturated rings. The van der Waals surface area contributed by atoms with Crippen LogP contribution < -0.4 is 0 Å². The Hall–Kier alpha value is -1.10. The van der Waals surface area contributed by atoms with Gasteiger partial charge in [0, 0.05) is 0 Å². The molecule has 4 aliphatic carbocycles. The molecule has 0 aromatic heterocycles.